The zero-order valence-electron chi connectivity index (χ0n) is 14.2. The Morgan fingerprint density at radius 3 is 2.71 bits per heavy atom. The molecule has 0 saturated carbocycles. The monoisotopic (exact) mass is 333 g/mol. The molecule has 0 aromatic heterocycles. The summed E-state index contributed by atoms with van der Waals surface area (Å²) >= 11 is 0. The first-order valence-electron chi connectivity index (χ1n) is 8.56. The summed E-state index contributed by atoms with van der Waals surface area (Å²) in [6, 6.07) is 8.78. The molecule has 2 amide bonds. The molecule has 2 atom stereocenters. The zero-order valence-corrected chi connectivity index (χ0v) is 14.2. The van der Waals surface area contributed by atoms with Gasteiger partial charge in [0.1, 0.15) is 6.04 Å². The van der Waals surface area contributed by atoms with Crippen LogP contribution in [0.4, 0.5) is 0 Å². The molecule has 132 valence electrons. The van der Waals surface area contributed by atoms with Crippen LogP contribution in [0.3, 0.4) is 0 Å². The van der Waals surface area contributed by atoms with E-state index in [1.54, 1.807) is 7.05 Å². The molecule has 1 aliphatic rings. The normalized spacial score (nSPS) is 19.5. The minimum atomic E-state index is -0.690. The molecule has 1 aliphatic heterocycles. The molecule has 0 aliphatic carbocycles. The maximum Gasteiger partial charge on any atom is 0.246 e. The standard InChI is InChI=1S/C18H27N3O3/c1-19-18(24)17(14-7-3-2-4-8-14)20-16(23)13-21-11-6-5-9-15(21)10-12-22/h2-4,7-8,15,17,22H,5-6,9-13H2,1H3,(H,19,24)(H,20,23). The molecular weight excluding hydrogens is 306 g/mol. The van der Waals surface area contributed by atoms with Crippen LogP contribution in [0.5, 0.6) is 0 Å². The lowest BCUT2D eigenvalue weighted by molar-refractivity contribution is -0.130. The van der Waals surface area contributed by atoms with Crippen molar-refractivity contribution >= 4 is 11.8 Å². The minimum absolute atomic E-state index is 0.133. The smallest absolute Gasteiger partial charge is 0.246 e. The molecule has 0 spiro atoms. The van der Waals surface area contributed by atoms with Gasteiger partial charge in [-0.05, 0) is 31.4 Å². The molecule has 0 radical (unpaired) electrons. The zero-order chi connectivity index (χ0) is 17.4. The van der Waals surface area contributed by atoms with E-state index in [1.807, 2.05) is 30.3 Å². The first kappa shape index (κ1) is 18.4. The summed E-state index contributed by atoms with van der Waals surface area (Å²) in [5.74, 6) is -0.405. The van der Waals surface area contributed by atoms with Crippen molar-refractivity contribution in [1.82, 2.24) is 15.5 Å². The number of aliphatic hydroxyl groups is 1. The van der Waals surface area contributed by atoms with Gasteiger partial charge in [0.2, 0.25) is 11.8 Å². The largest absolute Gasteiger partial charge is 0.396 e. The Kier molecular flexibility index (Phi) is 7.21. The van der Waals surface area contributed by atoms with Crippen LogP contribution in [0.25, 0.3) is 0 Å². The third-order valence-electron chi connectivity index (χ3n) is 4.50. The van der Waals surface area contributed by atoms with Gasteiger partial charge in [0.25, 0.3) is 0 Å². The molecule has 24 heavy (non-hydrogen) atoms. The van der Waals surface area contributed by atoms with Gasteiger partial charge in [-0.1, -0.05) is 36.8 Å². The summed E-state index contributed by atoms with van der Waals surface area (Å²) in [7, 11) is 1.56. The predicted octanol–water partition coefficient (Wildman–Crippen LogP) is 0.827. The van der Waals surface area contributed by atoms with Crippen LogP contribution in [-0.2, 0) is 9.59 Å². The third-order valence-corrected chi connectivity index (χ3v) is 4.50. The molecule has 6 nitrogen and oxygen atoms in total. The number of aliphatic hydroxyl groups excluding tert-OH is 1. The fourth-order valence-electron chi connectivity index (χ4n) is 3.23. The molecular formula is C18H27N3O3. The highest BCUT2D eigenvalue weighted by Crippen LogP contribution is 2.19. The number of likely N-dealkylation sites (tertiary alicyclic amines) is 1. The van der Waals surface area contributed by atoms with Crippen molar-refractivity contribution in [3.8, 4) is 0 Å². The maximum atomic E-state index is 12.5. The van der Waals surface area contributed by atoms with E-state index in [0.717, 1.165) is 31.4 Å². The lowest BCUT2D eigenvalue weighted by atomic mass is 9.99. The van der Waals surface area contributed by atoms with Crippen LogP contribution in [-0.4, -0.2) is 54.6 Å². The quantitative estimate of drug-likeness (QED) is 0.690. The van der Waals surface area contributed by atoms with Crippen LogP contribution >= 0.6 is 0 Å². The lowest BCUT2D eigenvalue weighted by Gasteiger charge is -2.35. The third kappa shape index (κ3) is 5.04. The summed E-state index contributed by atoms with van der Waals surface area (Å²) in [6.07, 6.45) is 3.89. The van der Waals surface area contributed by atoms with Gasteiger partial charge in [-0.3, -0.25) is 14.5 Å². The summed E-state index contributed by atoms with van der Waals surface area (Å²) in [4.78, 5) is 26.7. The van der Waals surface area contributed by atoms with Gasteiger partial charge in [-0.15, -0.1) is 0 Å². The van der Waals surface area contributed by atoms with E-state index < -0.39 is 6.04 Å². The topological polar surface area (TPSA) is 81.7 Å². The van der Waals surface area contributed by atoms with E-state index in [2.05, 4.69) is 15.5 Å². The van der Waals surface area contributed by atoms with Crippen LogP contribution in [0, 0.1) is 0 Å². The summed E-state index contributed by atoms with van der Waals surface area (Å²) in [5.41, 5.74) is 0.760. The number of piperidine rings is 1. The summed E-state index contributed by atoms with van der Waals surface area (Å²) in [6.45, 7) is 1.24. The molecule has 1 fully saturated rings. The second kappa shape index (κ2) is 9.39. The first-order valence-corrected chi connectivity index (χ1v) is 8.56. The minimum Gasteiger partial charge on any atom is -0.396 e. The number of benzene rings is 1. The number of amides is 2. The maximum absolute atomic E-state index is 12.5. The van der Waals surface area contributed by atoms with E-state index in [-0.39, 0.29) is 31.0 Å². The van der Waals surface area contributed by atoms with Gasteiger partial charge >= 0.3 is 0 Å². The Morgan fingerprint density at radius 1 is 1.29 bits per heavy atom. The van der Waals surface area contributed by atoms with Gasteiger partial charge in [-0.25, -0.2) is 0 Å². The number of carbonyl (C=O) groups is 2. The first-order chi connectivity index (χ1) is 11.7. The Bertz CT molecular complexity index is 534. The van der Waals surface area contributed by atoms with Crippen LogP contribution < -0.4 is 10.6 Å². The van der Waals surface area contributed by atoms with E-state index in [4.69, 9.17) is 0 Å². The van der Waals surface area contributed by atoms with Crippen LogP contribution in [0.2, 0.25) is 0 Å². The van der Waals surface area contributed by atoms with Crippen LogP contribution in [0.1, 0.15) is 37.3 Å². The molecule has 1 aromatic carbocycles. The van der Waals surface area contributed by atoms with Gasteiger partial charge in [0.05, 0.1) is 6.54 Å². The molecule has 2 unspecified atom stereocenters. The van der Waals surface area contributed by atoms with Crippen molar-refractivity contribution in [3.63, 3.8) is 0 Å². The van der Waals surface area contributed by atoms with Gasteiger partial charge < -0.3 is 15.7 Å². The van der Waals surface area contributed by atoms with Gasteiger partial charge in [0.15, 0.2) is 0 Å². The highest BCUT2D eigenvalue weighted by molar-refractivity contribution is 5.89. The summed E-state index contributed by atoms with van der Waals surface area (Å²) in [5, 5.41) is 14.6. The lowest BCUT2D eigenvalue weighted by Crippen LogP contribution is -2.48. The molecule has 2 rings (SSSR count). The van der Waals surface area contributed by atoms with Crippen molar-refractivity contribution < 1.29 is 14.7 Å². The average molecular weight is 333 g/mol. The van der Waals surface area contributed by atoms with E-state index in [0.29, 0.717) is 6.42 Å². The number of nitrogens with zero attached hydrogens (tertiary/aromatic N) is 1. The van der Waals surface area contributed by atoms with Crippen molar-refractivity contribution in [3.05, 3.63) is 35.9 Å². The predicted molar refractivity (Wildman–Crippen MR) is 92.3 cm³/mol. The molecule has 1 aromatic rings. The average Bonchev–Trinajstić information content (AvgIpc) is 2.61. The van der Waals surface area contributed by atoms with E-state index in [1.165, 1.54) is 0 Å². The highest BCUT2D eigenvalue weighted by Gasteiger charge is 2.26. The van der Waals surface area contributed by atoms with Gasteiger partial charge in [-0.2, -0.15) is 0 Å². The summed E-state index contributed by atoms with van der Waals surface area (Å²) < 4.78 is 0. The SMILES string of the molecule is CNC(=O)C(NC(=O)CN1CCCCC1CCO)c1ccccc1. The van der Waals surface area contributed by atoms with Gasteiger partial charge in [0, 0.05) is 19.7 Å². The fourth-order valence-corrected chi connectivity index (χ4v) is 3.23. The molecule has 3 N–H and O–H groups in total. The molecule has 0 bridgehead atoms. The second-order valence-corrected chi connectivity index (χ2v) is 6.16. The van der Waals surface area contributed by atoms with Crippen LogP contribution in [0.15, 0.2) is 30.3 Å². The Balaban J connectivity index is 2.00. The number of rotatable bonds is 7. The van der Waals surface area contributed by atoms with Crippen molar-refractivity contribution in [2.45, 2.75) is 37.8 Å². The molecule has 1 heterocycles. The van der Waals surface area contributed by atoms with Crippen molar-refractivity contribution in [2.24, 2.45) is 0 Å². The molecule has 1 saturated heterocycles. The highest BCUT2D eigenvalue weighted by atomic mass is 16.3. The van der Waals surface area contributed by atoms with E-state index >= 15 is 0 Å². The Morgan fingerprint density at radius 2 is 2.04 bits per heavy atom. The number of likely N-dealkylation sites (N-methyl/N-ethyl adjacent to an activating group) is 1. The van der Waals surface area contributed by atoms with Crippen molar-refractivity contribution in [2.75, 3.05) is 26.7 Å². The Hall–Kier alpha value is -1.92. The van der Waals surface area contributed by atoms with E-state index in [9.17, 15) is 14.7 Å². The molecule has 6 heteroatoms. The number of hydrogen-bond acceptors (Lipinski definition) is 4. The Labute approximate surface area is 143 Å². The number of nitrogens with one attached hydrogen (secondary N) is 2. The fraction of sp³-hybridized carbons (Fsp3) is 0.556. The second-order valence-electron chi connectivity index (χ2n) is 6.16. The number of hydrogen-bond donors (Lipinski definition) is 3. The van der Waals surface area contributed by atoms with Crippen molar-refractivity contribution in [1.29, 1.82) is 0 Å². The number of carbonyl (C=O) groups excluding carboxylic acids is 2.